The molecule has 2 nitrogen and oxygen atoms in total. The van der Waals surface area contributed by atoms with Crippen molar-refractivity contribution in [1.29, 1.82) is 0 Å². The van der Waals surface area contributed by atoms with Crippen molar-refractivity contribution >= 4 is 5.69 Å². The first-order chi connectivity index (χ1) is 8.24. The first-order valence-corrected chi connectivity index (χ1v) is 6.81. The molecule has 1 aromatic rings. The molecule has 1 aromatic carbocycles. The normalized spacial score (nSPS) is 27.9. The third kappa shape index (κ3) is 2.01. The molecule has 1 aliphatic heterocycles. The maximum Gasteiger partial charge on any atom is 0.121 e. The second-order valence-electron chi connectivity index (χ2n) is 5.50. The maximum atomic E-state index is 6.03. The zero-order valence-electron chi connectivity index (χ0n) is 10.7. The summed E-state index contributed by atoms with van der Waals surface area (Å²) >= 11 is 0. The van der Waals surface area contributed by atoms with E-state index in [9.17, 15) is 0 Å². The first kappa shape index (κ1) is 10.9. The average Bonchev–Trinajstić information content (AvgIpc) is 2.89. The lowest BCUT2D eigenvalue weighted by Gasteiger charge is -2.14. The van der Waals surface area contributed by atoms with Gasteiger partial charge in [-0.25, -0.2) is 0 Å². The minimum atomic E-state index is 0.448. The van der Waals surface area contributed by atoms with E-state index in [4.69, 9.17) is 4.74 Å². The fourth-order valence-corrected chi connectivity index (χ4v) is 2.97. The van der Waals surface area contributed by atoms with Gasteiger partial charge in [-0.2, -0.15) is 0 Å². The molecule has 1 aliphatic carbocycles. The third-order valence-corrected chi connectivity index (χ3v) is 4.25. The Bertz CT molecular complexity index is 409. The summed E-state index contributed by atoms with van der Waals surface area (Å²) in [5.41, 5.74) is 2.69. The summed E-state index contributed by atoms with van der Waals surface area (Å²) in [5, 5.41) is 3.53. The van der Waals surface area contributed by atoms with E-state index in [1.165, 1.54) is 36.9 Å². The summed E-state index contributed by atoms with van der Waals surface area (Å²) in [6, 6.07) is 7.06. The highest BCUT2D eigenvalue weighted by atomic mass is 16.5. The van der Waals surface area contributed by atoms with Gasteiger partial charge in [-0.05, 0) is 44.2 Å². The van der Waals surface area contributed by atoms with Crippen LogP contribution in [0.5, 0.6) is 5.75 Å². The Labute approximate surface area is 103 Å². The van der Waals surface area contributed by atoms with Crippen molar-refractivity contribution in [2.45, 2.75) is 57.6 Å². The monoisotopic (exact) mass is 231 g/mol. The van der Waals surface area contributed by atoms with Crippen LogP contribution < -0.4 is 10.1 Å². The minimum Gasteiger partial charge on any atom is -0.490 e. The van der Waals surface area contributed by atoms with E-state index in [1.807, 2.05) is 0 Å². The number of fused-ring (bicyclic) bond motifs is 1. The van der Waals surface area contributed by atoms with Gasteiger partial charge < -0.3 is 10.1 Å². The van der Waals surface area contributed by atoms with Gasteiger partial charge in [0.2, 0.25) is 0 Å². The lowest BCUT2D eigenvalue weighted by molar-refractivity contribution is 0.210. The molecule has 3 rings (SSSR count). The highest BCUT2D eigenvalue weighted by molar-refractivity contribution is 5.61. The van der Waals surface area contributed by atoms with Gasteiger partial charge in [-0.1, -0.05) is 13.0 Å². The number of rotatable bonds is 2. The summed E-state index contributed by atoms with van der Waals surface area (Å²) < 4.78 is 6.03. The Balaban J connectivity index is 1.77. The molecule has 1 fully saturated rings. The highest BCUT2D eigenvalue weighted by Crippen LogP contribution is 2.38. The number of hydrogen-bond donors (Lipinski definition) is 1. The van der Waals surface area contributed by atoms with Crippen molar-refractivity contribution in [2.75, 3.05) is 5.32 Å². The van der Waals surface area contributed by atoms with Crippen LogP contribution in [-0.2, 0) is 0 Å². The van der Waals surface area contributed by atoms with Crippen molar-refractivity contribution in [3.05, 3.63) is 23.8 Å². The molecule has 1 N–H and O–H groups in total. The summed E-state index contributed by atoms with van der Waals surface area (Å²) in [6.45, 7) is 4.52. The van der Waals surface area contributed by atoms with Crippen molar-refractivity contribution < 1.29 is 4.74 Å². The molecule has 2 heteroatoms. The van der Waals surface area contributed by atoms with Gasteiger partial charge in [0.15, 0.2) is 0 Å². The number of hydrogen-bond acceptors (Lipinski definition) is 2. The predicted octanol–water partition coefficient (Wildman–Crippen LogP) is 3.93. The summed E-state index contributed by atoms with van der Waals surface area (Å²) in [7, 11) is 0. The number of anilines is 1. The molecule has 0 aromatic heterocycles. The van der Waals surface area contributed by atoms with E-state index in [0.717, 1.165) is 5.75 Å². The van der Waals surface area contributed by atoms with Crippen molar-refractivity contribution in [3.8, 4) is 5.75 Å². The van der Waals surface area contributed by atoms with Gasteiger partial charge in [-0.15, -0.1) is 0 Å². The molecule has 2 unspecified atom stereocenters. The van der Waals surface area contributed by atoms with Crippen LogP contribution in [0.1, 0.15) is 51.0 Å². The molecule has 0 saturated heterocycles. The number of nitrogens with one attached hydrogen (secondary N) is 1. The van der Waals surface area contributed by atoms with E-state index in [-0.39, 0.29) is 0 Å². The fraction of sp³-hybridized carbons (Fsp3) is 0.600. The Morgan fingerprint density at radius 1 is 1.18 bits per heavy atom. The molecule has 0 bridgehead atoms. The maximum absolute atomic E-state index is 6.03. The second kappa shape index (κ2) is 4.25. The van der Waals surface area contributed by atoms with Crippen LogP contribution in [0.15, 0.2) is 18.2 Å². The van der Waals surface area contributed by atoms with E-state index in [1.54, 1.807) is 0 Å². The molecule has 0 spiro atoms. The zero-order valence-corrected chi connectivity index (χ0v) is 10.7. The van der Waals surface area contributed by atoms with Gasteiger partial charge >= 0.3 is 0 Å². The molecule has 2 aliphatic rings. The lowest BCUT2D eigenvalue weighted by Crippen LogP contribution is -2.12. The molecule has 92 valence electrons. The molecule has 17 heavy (non-hydrogen) atoms. The van der Waals surface area contributed by atoms with Gasteiger partial charge in [0, 0.05) is 23.7 Å². The topological polar surface area (TPSA) is 21.3 Å². The first-order valence-electron chi connectivity index (χ1n) is 6.81. The molecule has 2 atom stereocenters. The Hall–Kier alpha value is -1.18. The van der Waals surface area contributed by atoms with E-state index in [2.05, 4.69) is 37.4 Å². The zero-order chi connectivity index (χ0) is 11.8. The predicted molar refractivity (Wildman–Crippen MR) is 70.8 cm³/mol. The molecular formula is C15H21NO. The van der Waals surface area contributed by atoms with Crippen LogP contribution in [-0.4, -0.2) is 12.1 Å². The van der Waals surface area contributed by atoms with Gasteiger partial charge in [0.05, 0.1) is 6.10 Å². The van der Waals surface area contributed by atoms with Gasteiger partial charge in [0.1, 0.15) is 5.75 Å². The average molecular weight is 231 g/mol. The third-order valence-electron chi connectivity index (χ3n) is 4.25. The van der Waals surface area contributed by atoms with Crippen LogP contribution >= 0.6 is 0 Å². The van der Waals surface area contributed by atoms with E-state index < -0.39 is 0 Å². The van der Waals surface area contributed by atoms with Gasteiger partial charge in [-0.3, -0.25) is 0 Å². The smallest absolute Gasteiger partial charge is 0.121 e. The largest absolute Gasteiger partial charge is 0.490 e. The Morgan fingerprint density at radius 2 is 1.94 bits per heavy atom. The summed E-state index contributed by atoms with van der Waals surface area (Å²) in [6.07, 6.45) is 5.53. The van der Waals surface area contributed by atoms with Gasteiger partial charge in [0.25, 0.3) is 0 Å². The lowest BCUT2D eigenvalue weighted by atomic mass is 9.98. The summed E-state index contributed by atoms with van der Waals surface area (Å²) in [5.74, 6) is 1.63. The number of ether oxygens (including phenoxy) is 1. The van der Waals surface area contributed by atoms with Crippen LogP contribution in [0.3, 0.4) is 0 Å². The SMILES string of the molecule is CC1Nc2cc(OC3CCCC3)ccc2C1C. The van der Waals surface area contributed by atoms with E-state index >= 15 is 0 Å². The van der Waals surface area contributed by atoms with E-state index in [0.29, 0.717) is 18.1 Å². The Kier molecular flexibility index (Phi) is 2.73. The van der Waals surface area contributed by atoms with Crippen LogP contribution in [0.4, 0.5) is 5.69 Å². The van der Waals surface area contributed by atoms with Crippen molar-refractivity contribution in [3.63, 3.8) is 0 Å². The molecule has 1 saturated carbocycles. The molecule has 0 radical (unpaired) electrons. The molecular weight excluding hydrogens is 210 g/mol. The van der Waals surface area contributed by atoms with Crippen LogP contribution in [0.25, 0.3) is 0 Å². The quantitative estimate of drug-likeness (QED) is 0.832. The highest BCUT2D eigenvalue weighted by Gasteiger charge is 2.25. The summed E-state index contributed by atoms with van der Waals surface area (Å²) in [4.78, 5) is 0. The molecule has 1 heterocycles. The van der Waals surface area contributed by atoms with Crippen molar-refractivity contribution in [2.24, 2.45) is 0 Å². The standard InChI is InChI=1S/C15H21NO/c1-10-11(2)16-15-9-13(7-8-14(10)15)17-12-5-3-4-6-12/h7-12,16H,3-6H2,1-2H3. The van der Waals surface area contributed by atoms with Crippen LogP contribution in [0, 0.1) is 0 Å². The van der Waals surface area contributed by atoms with Crippen LogP contribution in [0.2, 0.25) is 0 Å². The minimum absolute atomic E-state index is 0.448. The van der Waals surface area contributed by atoms with Crippen molar-refractivity contribution in [1.82, 2.24) is 0 Å². The Morgan fingerprint density at radius 3 is 2.71 bits per heavy atom. The second-order valence-corrected chi connectivity index (χ2v) is 5.50. The number of benzene rings is 1. The fourth-order valence-electron chi connectivity index (χ4n) is 2.97. The molecule has 0 amide bonds.